The zero-order valence-electron chi connectivity index (χ0n) is 9.90. The minimum Gasteiger partial charge on any atom is -0.291 e. The Morgan fingerprint density at radius 2 is 1.88 bits per heavy atom. The molecule has 1 fully saturated rings. The van der Waals surface area contributed by atoms with Crippen LogP contribution < -0.4 is 0 Å². The molecule has 1 aromatic rings. The Bertz CT molecular complexity index is 386. The second-order valence-electron chi connectivity index (χ2n) is 4.71. The second kappa shape index (κ2) is 5.79. The summed E-state index contributed by atoms with van der Waals surface area (Å²) in [6.07, 6.45) is 3.30. The van der Waals surface area contributed by atoms with Crippen LogP contribution in [0.5, 0.6) is 0 Å². The molecule has 17 heavy (non-hydrogen) atoms. The van der Waals surface area contributed by atoms with Gasteiger partial charge in [0.25, 0.3) is 0 Å². The number of hydrogen-bond acceptors (Lipinski definition) is 2. The number of rotatable bonds is 3. The molecule has 0 spiro atoms. The van der Waals surface area contributed by atoms with Gasteiger partial charge in [-0.05, 0) is 56.0 Å². The smallest absolute Gasteiger partial charge is 0.123 e. The highest BCUT2D eigenvalue weighted by atomic mass is 19.1. The molecule has 0 bridgehead atoms. The highest BCUT2D eigenvalue weighted by molar-refractivity contribution is 5.16. The average molecular weight is 232 g/mol. The largest absolute Gasteiger partial charge is 0.291 e. The van der Waals surface area contributed by atoms with Crippen molar-refractivity contribution in [3.8, 4) is 6.07 Å². The molecule has 90 valence electrons. The number of benzene rings is 1. The van der Waals surface area contributed by atoms with Gasteiger partial charge in [0.2, 0.25) is 0 Å². The molecule has 1 aliphatic heterocycles. The summed E-state index contributed by atoms with van der Waals surface area (Å²) in [5.74, 6) is 0.507. The summed E-state index contributed by atoms with van der Waals surface area (Å²) >= 11 is 0. The monoisotopic (exact) mass is 232 g/mol. The molecule has 0 radical (unpaired) electrons. The van der Waals surface area contributed by atoms with Crippen molar-refractivity contribution < 1.29 is 4.39 Å². The lowest BCUT2D eigenvalue weighted by atomic mass is 9.90. The zero-order valence-corrected chi connectivity index (χ0v) is 9.90. The SMILES string of the molecule is N#CCN1CCC(Cc2ccc(F)cc2)CC1. The maximum Gasteiger partial charge on any atom is 0.123 e. The molecular formula is C14H17FN2. The van der Waals surface area contributed by atoms with Crippen LogP contribution in [0, 0.1) is 23.1 Å². The summed E-state index contributed by atoms with van der Waals surface area (Å²) in [7, 11) is 0. The summed E-state index contributed by atoms with van der Waals surface area (Å²) in [5, 5.41) is 8.62. The van der Waals surface area contributed by atoms with Crippen LogP contribution in [0.4, 0.5) is 4.39 Å². The molecule has 0 saturated carbocycles. The molecule has 2 rings (SSSR count). The highest BCUT2D eigenvalue weighted by Gasteiger charge is 2.18. The van der Waals surface area contributed by atoms with E-state index in [2.05, 4.69) is 11.0 Å². The lowest BCUT2D eigenvalue weighted by Crippen LogP contribution is -2.34. The molecular weight excluding hydrogens is 215 g/mol. The minimum absolute atomic E-state index is 0.169. The van der Waals surface area contributed by atoms with Crippen molar-refractivity contribution in [2.24, 2.45) is 5.92 Å². The molecule has 3 heteroatoms. The van der Waals surface area contributed by atoms with Crippen molar-refractivity contribution in [3.05, 3.63) is 35.6 Å². The summed E-state index contributed by atoms with van der Waals surface area (Å²) in [5.41, 5.74) is 1.21. The fraction of sp³-hybridized carbons (Fsp3) is 0.500. The molecule has 0 N–H and O–H groups in total. The summed E-state index contributed by atoms with van der Waals surface area (Å²) in [6, 6.07) is 8.99. The van der Waals surface area contributed by atoms with Gasteiger partial charge >= 0.3 is 0 Å². The number of nitrogens with zero attached hydrogens (tertiary/aromatic N) is 2. The summed E-state index contributed by atoms with van der Waals surface area (Å²) in [6.45, 7) is 2.57. The Kier molecular flexibility index (Phi) is 4.11. The van der Waals surface area contributed by atoms with Gasteiger partial charge in [-0.3, -0.25) is 4.90 Å². The van der Waals surface area contributed by atoms with E-state index in [-0.39, 0.29) is 5.82 Å². The Labute approximate surface area is 102 Å². The number of likely N-dealkylation sites (tertiary alicyclic amines) is 1. The van der Waals surface area contributed by atoms with E-state index in [0.717, 1.165) is 32.4 Å². The Balaban J connectivity index is 1.82. The number of piperidine rings is 1. The van der Waals surface area contributed by atoms with Gasteiger partial charge < -0.3 is 0 Å². The quantitative estimate of drug-likeness (QED) is 0.749. The fourth-order valence-electron chi connectivity index (χ4n) is 2.40. The molecule has 0 aliphatic carbocycles. The predicted octanol–water partition coefficient (Wildman–Crippen LogP) is 2.60. The third kappa shape index (κ3) is 3.54. The average Bonchev–Trinajstić information content (AvgIpc) is 2.35. The Morgan fingerprint density at radius 1 is 1.24 bits per heavy atom. The van der Waals surface area contributed by atoms with Crippen LogP contribution in [0.25, 0.3) is 0 Å². The van der Waals surface area contributed by atoms with Gasteiger partial charge in [-0.15, -0.1) is 0 Å². The Hall–Kier alpha value is -1.40. The molecule has 1 saturated heterocycles. The minimum atomic E-state index is -0.169. The lowest BCUT2D eigenvalue weighted by molar-refractivity contribution is 0.202. The fourth-order valence-corrected chi connectivity index (χ4v) is 2.40. The van der Waals surface area contributed by atoms with Gasteiger partial charge in [0, 0.05) is 0 Å². The van der Waals surface area contributed by atoms with Crippen LogP contribution in [-0.2, 0) is 6.42 Å². The van der Waals surface area contributed by atoms with Gasteiger partial charge in [0.05, 0.1) is 12.6 Å². The normalized spacial score (nSPS) is 17.9. The maximum atomic E-state index is 12.8. The van der Waals surface area contributed by atoms with Gasteiger partial charge in [0.1, 0.15) is 5.82 Å². The van der Waals surface area contributed by atoms with E-state index < -0.39 is 0 Å². The van der Waals surface area contributed by atoms with E-state index in [0.29, 0.717) is 12.5 Å². The van der Waals surface area contributed by atoms with Gasteiger partial charge in [0.15, 0.2) is 0 Å². The van der Waals surface area contributed by atoms with Crippen molar-refractivity contribution in [3.63, 3.8) is 0 Å². The number of hydrogen-bond donors (Lipinski definition) is 0. The molecule has 2 nitrogen and oxygen atoms in total. The van der Waals surface area contributed by atoms with E-state index in [4.69, 9.17) is 5.26 Å². The third-order valence-electron chi connectivity index (χ3n) is 3.44. The second-order valence-corrected chi connectivity index (χ2v) is 4.71. The molecule has 1 aliphatic rings. The Morgan fingerprint density at radius 3 is 2.47 bits per heavy atom. The van der Waals surface area contributed by atoms with E-state index in [9.17, 15) is 4.39 Å². The van der Waals surface area contributed by atoms with Crippen LogP contribution in [0.15, 0.2) is 24.3 Å². The van der Waals surface area contributed by atoms with Crippen LogP contribution >= 0.6 is 0 Å². The maximum absolute atomic E-state index is 12.8. The summed E-state index contributed by atoms with van der Waals surface area (Å²) in [4.78, 5) is 2.20. The highest BCUT2D eigenvalue weighted by Crippen LogP contribution is 2.21. The van der Waals surface area contributed by atoms with Gasteiger partial charge in [-0.2, -0.15) is 5.26 Å². The van der Waals surface area contributed by atoms with Crippen molar-refractivity contribution in [1.82, 2.24) is 4.90 Å². The van der Waals surface area contributed by atoms with Crippen LogP contribution in [0.3, 0.4) is 0 Å². The van der Waals surface area contributed by atoms with E-state index in [1.807, 2.05) is 12.1 Å². The zero-order chi connectivity index (χ0) is 12.1. The number of nitriles is 1. The third-order valence-corrected chi connectivity index (χ3v) is 3.44. The van der Waals surface area contributed by atoms with Crippen LogP contribution in [0.1, 0.15) is 18.4 Å². The van der Waals surface area contributed by atoms with Gasteiger partial charge in [-0.1, -0.05) is 12.1 Å². The standard InChI is InChI=1S/C14H17FN2/c15-14-3-1-12(2-4-14)11-13-5-8-17(9-6-13)10-7-16/h1-4,13H,5-6,8-11H2. The van der Waals surface area contributed by atoms with Crippen molar-refractivity contribution in [1.29, 1.82) is 5.26 Å². The molecule has 0 amide bonds. The van der Waals surface area contributed by atoms with Crippen LogP contribution in [-0.4, -0.2) is 24.5 Å². The predicted molar refractivity (Wildman–Crippen MR) is 64.9 cm³/mol. The van der Waals surface area contributed by atoms with Crippen molar-refractivity contribution in [2.75, 3.05) is 19.6 Å². The molecule has 1 aromatic carbocycles. The first-order valence-corrected chi connectivity index (χ1v) is 6.11. The van der Waals surface area contributed by atoms with Crippen LogP contribution in [0.2, 0.25) is 0 Å². The topological polar surface area (TPSA) is 27.0 Å². The van der Waals surface area contributed by atoms with E-state index in [1.165, 1.54) is 17.7 Å². The first kappa shape index (κ1) is 12.1. The summed E-state index contributed by atoms with van der Waals surface area (Å²) < 4.78 is 12.8. The number of halogens is 1. The molecule has 0 aromatic heterocycles. The van der Waals surface area contributed by atoms with Crippen molar-refractivity contribution >= 4 is 0 Å². The van der Waals surface area contributed by atoms with E-state index in [1.54, 1.807) is 0 Å². The molecule has 0 atom stereocenters. The molecule has 0 unspecified atom stereocenters. The molecule has 1 heterocycles. The van der Waals surface area contributed by atoms with E-state index >= 15 is 0 Å². The van der Waals surface area contributed by atoms with Gasteiger partial charge in [-0.25, -0.2) is 4.39 Å². The first-order valence-electron chi connectivity index (χ1n) is 6.11. The van der Waals surface area contributed by atoms with Crippen molar-refractivity contribution in [2.45, 2.75) is 19.3 Å². The lowest BCUT2D eigenvalue weighted by Gasteiger charge is -2.30. The first-order chi connectivity index (χ1) is 8.28.